The molecule has 80 valence electrons. The lowest BCUT2D eigenvalue weighted by Gasteiger charge is -2.15. The fourth-order valence-electron chi connectivity index (χ4n) is 1.64. The summed E-state index contributed by atoms with van der Waals surface area (Å²) >= 11 is 5.69. The van der Waals surface area contributed by atoms with Crippen LogP contribution in [0, 0.1) is 0 Å². The van der Waals surface area contributed by atoms with Crippen LogP contribution in [-0.4, -0.2) is 40.1 Å². The van der Waals surface area contributed by atoms with Crippen LogP contribution in [0.25, 0.3) is 0 Å². The van der Waals surface area contributed by atoms with Crippen LogP contribution in [-0.2, 0) is 0 Å². The maximum Gasteiger partial charge on any atom is 0.254 e. The highest BCUT2D eigenvalue weighted by Gasteiger charge is 2.25. The van der Waals surface area contributed by atoms with Crippen molar-refractivity contribution in [3.63, 3.8) is 0 Å². The molecular weight excluding hydrogens is 216 g/mol. The van der Waals surface area contributed by atoms with Crippen LogP contribution in [0.2, 0.25) is 5.15 Å². The van der Waals surface area contributed by atoms with Gasteiger partial charge in [0, 0.05) is 24.8 Å². The van der Waals surface area contributed by atoms with E-state index < -0.39 is 6.10 Å². The molecule has 4 nitrogen and oxygen atoms in total. The second-order valence-electron chi connectivity index (χ2n) is 3.56. The van der Waals surface area contributed by atoms with Crippen molar-refractivity contribution < 1.29 is 9.90 Å². The zero-order valence-electron chi connectivity index (χ0n) is 8.06. The molecule has 1 aliphatic rings. The van der Waals surface area contributed by atoms with Gasteiger partial charge in [0.2, 0.25) is 0 Å². The molecule has 2 heterocycles. The van der Waals surface area contributed by atoms with Gasteiger partial charge in [0.05, 0.1) is 6.10 Å². The van der Waals surface area contributed by atoms with Gasteiger partial charge in [0.25, 0.3) is 5.91 Å². The number of nitrogens with zero attached hydrogens (tertiary/aromatic N) is 2. The van der Waals surface area contributed by atoms with E-state index in [0.29, 0.717) is 30.2 Å². The van der Waals surface area contributed by atoms with E-state index in [2.05, 4.69) is 4.98 Å². The first kappa shape index (κ1) is 10.4. The molecule has 0 unspecified atom stereocenters. The van der Waals surface area contributed by atoms with Crippen LogP contribution in [0.4, 0.5) is 0 Å². The van der Waals surface area contributed by atoms with Gasteiger partial charge in [-0.05, 0) is 18.6 Å². The number of β-amino-alcohol motifs (C(OH)–C–C–N with tert-alkyl or cyclic N) is 1. The summed E-state index contributed by atoms with van der Waals surface area (Å²) in [5.74, 6) is -0.101. The Balaban J connectivity index is 2.14. The van der Waals surface area contributed by atoms with Gasteiger partial charge in [-0.15, -0.1) is 0 Å². The minimum atomic E-state index is -0.397. The summed E-state index contributed by atoms with van der Waals surface area (Å²) in [4.78, 5) is 17.3. The number of pyridine rings is 1. The Kier molecular flexibility index (Phi) is 2.88. The van der Waals surface area contributed by atoms with E-state index in [4.69, 9.17) is 11.6 Å². The first-order valence-electron chi connectivity index (χ1n) is 4.76. The first-order chi connectivity index (χ1) is 7.16. The molecule has 1 N–H and O–H groups in total. The maximum atomic E-state index is 11.9. The zero-order valence-corrected chi connectivity index (χ0v) is 8.81. The summed E-state index contributed by atoms with van der Waals surface area (Å²) in [6.07, 6.45) is 1.75. The average Bonchev–Trinajstić information content (AvgIpc) is 2.64. The number of amides is 1. The zero-order chi connectivity index (χ0) is 10.8. The molecule has 0 saturated carbocycles. The summed E-state index contributed by atoms with van der Waals surface area (Å²) < 4.78 is 0. The van der Waals surface area contributed by atoms with E-state index in [0.717, 1.165) is 0 Å². The van der Waals surface area contributed by atoms with E-state index >= 15 is 0 Å². The van der Waals surface area contributed by atoms with Gasteiger partial charge in [-0.3, -0.25) is 4.79 Å². The predicted octanol–water partition coefficient (Wildman–Crippen LogP) is 0.942. The van der Waals surface area contributed by atoms with Crippen molar-refractivity contribution in [1.82, 2.24) is 9.88 Å². The standard InChI is InChI=1S/C10H11ClN2O2/c11-9-5-7(1-3-12-9)10(15)13-4-2-8(14)6-13/h1,3,5,8,14H,2,4,6H2/t8-/m1/s1. The summed E-state index contributed by atoms with van der Waals surface area (Å²) in [7, 11) is 0. The number of aliphatic hydroxyl groups is 1. The quantitative estimate of drug-likeness (QED) is 0.726. The molecule has 1 aromatic heterocycles. The van der Waals surface area contributed by atoms with Gasteiger partial charge < -0.3 is 10.0 Å². The molecule has 1 atom stereocenters. The minimum Gasteiger partial charge on any atom is -0.391 e. The van der Waals surface area contributed by atoms with E-state index in [1.165, 1.54) is 12.3 Å². The summed E-state index contributed by atoms with van der Waals surface area (Å²) in [5.41, 5.74) is 0.518. The number of halogens is 1. The van der Waals surface area contributed by atoms with Gasteiger partial charge in [0.15, 0.2) is 0 Å². The molecule has 0 bridgehead atoms. The van der Waals surface area contributed by atoms with Gasteiger partial charge in [-0.1, -0.05) is 11.6 Å². The lowest BCUT2D eigenvalue weighted by molar-refractivity contribution is 0.0765. The van der Waals surface area contributed by atoms with Crippen LogP contribution >= 0.6 is 11.6 Å². The molecule has 15 heavy (non-hydrogen) atoms. The molecule has 0 aromatic carbocycles. The topological polar surface area (TPSA) is 53.4 Å². The van der Waals surface area contributed by atoms with Crippen molar-refractivity contribution in [2.24, 2.45) is 0 Å². The van der Waals surface area contributed by atoms with E-state index in [1.807, 2.05) is 0 Å². The highest BCUT2D eigenvalue weighted by atomic mass is 35.5. The molecule has 0 aliphatic carbocycles. The second kappa shape index (κ2) is 4.16. The van der Waals surface area contributed by atoms with Crippen molar-refractivity contribution in [3.8, 4) is 0 Å². The Bertz CT molecular complexity index is 383. The SMILES string of the molecule is O=C(c1ccnc(Cl)c1)N1CC[C@@H](O)C1. The highest BCUT2D eigenvalue weighted by Crippen LogP contribution is 2.15. The van der Waals surface area contributed by atoms with Gasteiger partial charge >= 0.3 is 0 Å². The van der Waals surface area contributed by atoms with Crippen LogP contribution in [0.5, 0.6) is 0 Å². The third-order valence-electron chi connectivity index (χ3n) is 2.42. The van der Waals surface area contributed by atoms with Crippen molar-refractivity contribution in [2.45, 2.75) is 12.5 Å². The van der Waals surface area contributed by atoms with Crippen molar-refractivity contribution in [1.29, 1.82) is 0 Å². The largest absolute Gasteiger partial charge is 0.391 e. The third kappa shape index (κ3) is 2.27. The Labute approximate surface area is 92.5 Å². The molecule has 5 heteroatoms. The fraction of sp³-hybridized carbons (Fsp3) is 0.400. The minimum absolute atomic E-state index is 0.101. The Hall–Kier alpha value is -1.13. The number of carbonyl (C=O) groups excluding carboxylic acids is 1. The average molecular weight is 227 g/mol. The van der Waals surface area contributed by atoms with E-state index in [9.17, 15) is 9.90 Å². The summed E-state index contributed by atoms with van der Waals surface area (Å²) in [5, 5.41) is 9.62. The number of aliphatic hydroxyl groups excluding tert-OH is 1. The summed E-state index contributed by atoms with van der Waals surface area (Å²) in [6, 6.07) is 3.16. The van der Waals surface area contributed by atoms with Crippen LogP contribution in [0.3, 0.4) is 0 Å². The first-order valence-corrected chi connectivity index (χ1v) is 5.13. The molecule has 1 aromatic rings. The van der Waals surface area contributed by atoms with Gasteiger partial charge in [0.1, 0.15) is 5.15 Å². The molecule has 1 fully saturated rings. The molecule has 1 saturated heterocycles. The molecular formula is C10H11ClN2O2. The Morgan fingerprint density at radius 3 is 3.07 bits per heavy atom. The van der Waals surface area contributed by atoms with E-state index in [1.54, 1.807) is 11.0 Å². The number of hydrogen-bond donors (Lipinski definition) is 1. The normalized spacial score (nSPS) is 20.7. The lowest BCUT2D eigenvalue weighted by atomic mass is 10.2. The Morgan fingerprint density at radius 1 is 1.67 bits per heavy atom. The van der Waals surface area contributed by atoms with Gasteiger partial charge in [-0.2, -0.15) is 0 Å². The van der Waals surface area contributed by atoms with Crippen LogP contribution in [0.15, 0.2) is 18.3 Å². The van der Waals surface area contributed by atoms with Crippen molar-refractivity contribution >= 4 is 17.5 Å². The van der Waals surface area contributed by atoms with E-state index in [-0.39, 0.29) is 5.91 Å². The lowest BCUT2D eigenvalue weighted by Crippen LogP contribution is -2.29. The molecule has 2 rings (SSSR count). The van der Waals surface area contributed by atoms with Crippen molar-refractivity contribution in [2.75, 3.05) is 13.1 Å². The molecule has 0 spiro atoms. The summed E-state index contributed by atoms with van der Waals surface area (Å²) in [6.45, 7) is 0.999. The van der Waals surface area contributed by atoms with Crippen LogP contribution in [0.1, 0.15) is 16.8 Å². The second-order valence-corrected chi connectivity index (χ2v) is 3.95. The van der Waals surface area contributed by atoms with Crippen LogP contribution < -0.4 is 0 Å². The van der Waals surface area contributed by atoms with Gasteiger partial charge in [-0.25, -0.2) is 4.98 Å². The smallest absolute Gasteiger partial charge is 0.254 e. The number of hydrogen-bond acceptors (Lipinski definition) is 3. The maximum absolute atomic E-state index is 11.9. The fourth-order valence-corrected chi connectivity index (χ4v) is 1.82. The monoisotopic (exact) mass is 226 g/mol. The third-order valence-corrected chi connectivity index (χ3v) is 2.63. The number of carbonyl (C=O) groups is 1. The molecule has 1 aliphatic heterocycles. The number of aromatic nitrogens is 1. The Morgan fingerprint density at radius 2 is 2.47 bits per heavy atom. The molecule has 0 radical (unpaired) electrons. The molecule has 1 amide bonds. The predicted molar refractivity (Wildman–Crippen MR) is 55.8 cm³/mol. The highest BCUT2D eigenvalue weighted by molar-refractivity contribution is 6.29. The number of likely N-dealkylation sites (tertiary alicyclic amines) is 1. The van der Waals surface area contributed by atoms with Crippen molar-refractivity contribution in [3.05, 3.63) is 29.0 Å². The number of rotatable bonds is 1.